The third kappa shape index (κ3) is 4.23. The molecule has 0 spiro atoms. The van der Waals surface area contributed by atoms with Gasteiger partial charge in [0.05, 0.1) is 12.9 Å². The highest BCUT2D eigenvalue weighted by Crippen LogP contribution is 2.45. The zero-order valence-corrected chi connectivity index (χ0v) is 14.8. The Bertz CT molecular complexity index is 997. The number of anilines is 1. The maximum absolute atomic E-state index is 11.4. The molecule has 150 valence electrons. The molecule has 5 atom stereocenters. The van der Waals surface area contributed by atoms with Crippen molar-refractivity contribution >= 4 is 35.2 Å². The number of aromatic nitrogens is 4. The Kier molecular flexibility index (Phi) is 5.19. The van der Waals surface area contributed by atoms with Crippen molar-refractivity contribution in [3.05, 3.63) is 12.7 Å². The van der Waals surface area contributed by atoms with Crippen LogP contribution in [0.1, 0.15) is 6.23 Å². The molecule has 3 heterocycles. The van der Waals surface area contributed by atoms with E-state index >= 15 is 0 Å². The van der Waals surface area contributed by atoms with Crippen molar-refractivity contribution in [2.75, 3.05) is 12.3 Å². The molecule has 2 aromatic rings. The quantitative estimate of drug-likeness (QED) is 0.247. The first-order valence-electron chi connectivity index (χ1n) is 7.09. The maximum atomic E-state index is 11.4. The molecule has 0 saturated carbocycles. The zero-order valence-electron chi connectivity index (χ0n) is 13.1. The van der Waals surface area contributed by atoms with Gasteiger partial charge < -0.3 is 25.6 Å². The number of phosphoric acid groups is 1. The monoisotopic (exact) mass is 427 g/mol. The Morgan fingerprint density at radius 2 is 2.00 bits per heavy atom. The Labute approximate surface area is 150 Å². The predicted octanol–water partition coefficient (Wildman–Crippen LogP) is -2.04. The Balaban J connectivity index is 1.76. The predicted molar refractivity (Wildman–Crippen MR) is 84.1 cm³/mol. The van der Waals surface area contributed by atoms with Crippen molar-refractivity contribution in [3.63, 3.8) is 0 Å². The number of ether oxygens (including phenoxy) is 1. The van der Waals surface area contributed by atoms with Gasteiger partial charge in [-0.1, -0.05) is 0 Å². The van der Waals surface area contributed by atoms with Crippen LogP contribution in [-0.4, -0.2) is 72.5 Å². The van der Waals surface area contributed by atoms with Crippen LogP contribution < -0.4 is 5.73 Å². The first-order chi connectivity index (χ1) is 12.5. The minimum absolute atomic E-state index is 0.0789. The Morgan fingerprint density at radius 1 is 1.30 bits per heavy atom. The standard InChI is InChI=1S/C10H14N5O10PS/c11-8-5-9(13-2-12-8)15(3-14-5)10-7(17)6(16)4(24-10)1-23-26(18,19)25-27(20,21)22/h2-4,6-7,10,16-17H,1H2,(H,18,19)(H2,11,12,13)(H,20,21,22)/t4-,6-,7+,10-/m1/s1. The van der Waals surface area contributed by atoms with Crippen molar-refractivity contribution < 1.29 is 45.9 Å². The van der Waals surface area contributed by atoms with Crippen LogP contribution in [0.25, 0.3) is 11.2 Å². The molecule has 1 aliphatic rings. The van der Waals surface area contributed by atoms with E-state index in [4.69, 9.17) is 15.0 Å². The van der Waals surface area contributed by atoms with E-state index in [2.05, 4.69) is 23.4 Å². The number of phosphoric ester groups is 1. The van der Waals surface area contributed by atoms with Crippen molar-refractivity contribution in [2.45, 2.75) is 24.5 Å². The van der Waals surface area contributed by atoms with E-state index in [1.165, 1.54) is 10.9 Å². The highest BCUT2D eigenvalue weighted by Gasteiger charge is 2.45. The molecule has 1 aliphatic heterocycles. The number of rotatable bonds is 6. The lowest BCUT2D eigenvalue weighted by Crippen LogP contribution is -2.33. The number of hydrogen-bond acceptors (Lipinski definition) is 12. The van der Waals surface area contributed by atoms with Crippen LogP contribution in [0.4, 0.5) is 5.82 Å². The van der Waals surface area contributed by atoms with E-state index in [0.29, 0.717) is 0 Å². The summed E-state index contributed by atoms with van der Waals surface area (Å²) in [5, 5.41) is 20.2. The number of fused-ring (bicyclic) bond motifs is 1. The highest BCUT2D eigenvalue weighted by molar-refractivity contribution is 7.85. The summed E-state index contributed by atoms with van der Waals surface area (Å²) in [4.78, 5) is 20.9. The van der Waals surface area contributed by atoms with Gasteiger partial charge in [-0.3, -0.25) is 13.6 Å². The average Bonchev–Trinajstić information content (AvgIpc) is 3.07. The number of imidazole rings is 1. The second-order valence-corrected chi connectivity index (χ2v) is 8.04. The highest BCUT2D eigenvalue weighted by atomic mass is 32.3. The van der Waals surface area contributed by atoms with E-state index in [1.807, 2.05) is 0 Å². The molecule has 3 rings (SSSR count). The first-order valence-corrected chi connectivity index (χ1v) is 9.95. The van der Waals surface area contributed by atoms with Crippen molar-refractivity contribution in [3.8, 4) is 0 Å². The molecule has 0 aromatic carbocycles. The van der Waals surface area contributed by atoms with Crippen LogP contribution in [0, 0.1) is 0 Å². The smallest absolute Gasteiger partial charge is 0.387 e. The topological polar surface area (TPSA) is 229 Å². The molecule has 0 radical (unpaired) electrons. The van der Waals surface area contributed by atoms with Gasteiger partial charge in [0.1, 0.15) is 30.2 Å². The van der Waals surface area contributed by atoms with Crippen LogP contribution in [-0.2, 0) is 28.2 Å². The number of nitrogen functional groups attached to an aromatic ring is 1. The molecule has 1 fully saturated rings. The Morgan fingerprint density at radius 3 is 2.67 bits per heavy atom. The molecule has 1 unspecified atom stereocenters. The molecule has 17 heteroatoms. The summed E-state index contributed by atoms with van der Waals surface area (Å²) in [6.45, 7) is -0.845. The molecule has 1 saturated heterocycles. The average molecular weight is 427 g/mol. The molecule has 6 N–H and O–H groups in total. The number of hydrogen-bond donors (Lipinski definition) is 5. The van der Waals surface area contributed by atoms with Crippen LogP contribution in [0.2, 0.25) is 0 Å². The largest absolute Gasteiger partial charge is 0.488 e. The molecule has 0 bridgehead atoms. The van der Waals surface area contributed by atoms with Gasteiger partial charge in [0.25, 0.3) is 0 Å². The summed E-state index contributed by atoms with van der Waals surface area (Å²) in [6, 6.07) is 0. The van der Waals surface area contributed by atoms with Gasteiger partial charge in [-0.2, -0.15) is 8.42 Å². The summed E-state index contributed by atoms with van der Waals surface area (Å²) in [5.41, 5.74) is 6.08. The number of aliphatic hydroxyl groups is 2. The normalized spacial score (nSPS) is 28.4. The van der Waals surface area contributed by atoms with Gasteiger partial charge in [-0.05, 0) is 0 Å². The van der Waals surface area contributed by atoms with E-state index in [0.717, 1.165) is 6.33 Å². The summed E-state index contributed by atoms with van der Waals surface area (Å²) >= 11 is 0. The Hall–Kier alpha value is -1.75. The summed E-state index contributed by atoms with van der Waals surface area (Å²) in [7, 11) is -10.5. The minimum Gasteiger partial charge on any atom is -0.387 e. The summed E-state index contributed by atoms with van der Waals surface area (Å²) < 4.78 is 55.3. The third-order valence-corrected chi connectivity index (χ3v) is 5.57. The fourth-order valence-corrected chi connectivity index (χ4v) is 3.92. The lowest BCUT2D eigenvalue weighted by molar-refractivity contribution is -0.0501. The molecule has 0 amide bonds. The number of nitrogens with zero attached hydrogens (tertiary/aromatic N) is 4. The van der Waals surface area contributed by atoms with E-state index in [-0.39, 0.29) is 17.0 Å². The summed E-state index contributed by atoms with van der Waals surface area (Å²) in [5.74, 6) is 0.0789. The lowest BCUT2D eigenvalue weighted by Gasteiger charge is -2.16. The van der Waals surface area contributed by atoms with Crippen LogP contribution >= 0.6 is 7.82 Å². The van der Waals surface area contributed by atoms with Gasteiger partial charge in [0, 0.05) is 0 Å². The van der Waals surface area contributed by atoms with Gasteiger partial charge in [0.15, 0.2) is 17.7 Å². The van der Waals surface area contributed by atoms with Crippen LogP contribution in [0.3, 0.4) is 0 Å². The van der Waals surface area contributed by atoms with Crippen molar-refractivity contribution in [1.82, 2.24) is 19.5 Å². The van der Waals surface area contributed by atoms with Gasteiger partial charge in [0.2, 0.25) is 0 Å². The molecule has 27 heavy (non-hydrogen) atoms. The number of aliphatic hydroxyl groups excluding tert-OH is 2. The van der Waals surface area contributed by atoms with E-state index in [1.54, 1.807) is 0 Å². The number of nitrogens with two attached hydrogens (primary N) is 1. The van der Waals surface area contributed by atoms with Gasteiger partial charge in [-0.25, -0.2) is 19.5 Å². The van der Waals surface area contributed by atoms with Crippen LogP contribution in [0.15, 0.2) is 12.7 Å². The van der Waals surface area contributed by atoms with E-state index < -0.39 is 49.4 Å². The van der Waals surface area contributed by atoms with Gasteiger partial charge in [-0.15, -0.1) is 3.97 Å². The first kappa shape index (κ1) is 20.0. The fraction of sp³-hybridized carbons (Fsp3) is 0.500. The van der Waals surface area contributed by atoms with Crippen LogP contribution in [0.5, 0.6) is 0 Å². The van der Waals surface area contributed by atoms with E-state index in [9.17, 15) is 28.1 Å². The van der Waals surface area contributed by atoms with Crippen molar-refractivity contribution in [2.24, 2.45) is 0 Å². The SMILES string of the molecule is Nc1ncnc2c1ncn2[C@@H]1O[C@H](COP(=O)(O)OS(=O)(=O)O)[C@@H](O)[C@@H]1O. The summed E-state index contributed by atoms with van der Waals surface area (Å²) in [6.07, 6.45) is -3.29. The maximum Gasteiger partial charge on any atom is 0.488 e. The molecular weight excluding hydrogens is 413 g/mol. The zero-order chi connectivity index (χ0) is 20.0. The van der Waals surface area contributed by atoms with Crippen molar-refractivity contribution in [1.29, 1.82) is 0 Å². The second-order valence-electron chi connectivity index (χ2n) is 5.40. The molecular formula is C10H14N5O10PS. The van der Waals surface area contributed by atoms with Gasteiger partial charge >= 0.3 is 18.2 Å². The lowest BCUT2D eigenvalue weighted by atomic mass is 10.1. The molecule has 0 aliphatic carbocycles. The molecule has 2 aromatic heterocycles. The molecule has 15 nitrogen and oxygen atoms in total. The third-order valence-electron chi connectivity index (χ3n) is 3.59. The fourth-order valence-electron chi connectivity index (χ4n) is 2.46. The second kappa shape index (κ2) is 7.01. The minimum atomic E-state index is -5.26.